The molecule has 1 saturated carbocycles. The molecule has 2 aromatic rings. The largest absolute Gasteiger partial charge is 0.339 e. The van der Waals surface area contributed by atoms with Gasteiger partial charge in [-0.25, -0.2) is 0 Å². The summed E-state index contributed by atoms with van der Waals surface area (Å²) in [6.45, 7) is 0. The minimum absolute atomic E-state index is 0.738. The summed E-state index contributed by atoms with van der Waals surface area (Å²) in [5.74, 6) is 2.34. The highest BCUT2D eigenvalue weighted by atomic mass is 79.9. The third kappa shape index (κ3) is 3.69. The number of rotatable bonds is 4. The standard InChI is InChI=1S/C16H19BrN2O/c17-14-8-6-13(7-9-14)10-15-18-16(20-19-15)11-12-4-2-1-3-5-12/h6-9,12H,1-5,10-11H2. The Kier molecular flexibility index (Phi) is 4.51. The fraction of sp³-hybridized carbons (Fsp3) is 0.500. The lowest BCUT2D eigenvalue weighted by molar-refractivity contribution is 0.304. The molecule has 0 saturated heterocycles. The van der Waals surface area contributed by atoms with Gasteiger partial charge in [0.15, 0.2) is 5.82 Å². The summed E-state index contributed by atoms with van der Waals surface area (Å²) >= 11 is 3.44. The van der Waals surface area contributed by atoms with Gasteiger partial charge in [0, 0.05) is 17.3 Å². The average Bonchev–Trinajstić information content (AvgIpc) is 2.90. The van der Waals surface area contributed by atoms with E-state index in [9.17, 15) is 0 Å². The Morgan fingerprint density at radius 2 is 1.85 bits per heavy atom. The first-order chi connectivity index (χ1) is 9.79. The van der Waals surface area contributed by atoms with E-state index in [0.717, 1.165) is 34.9 Å². The van der Waals surface area contributed by atoms with Crippen LogP contribution in [0.2, 0.25) is 0 Å². The average molecular weight is 335 g/mol. The van der Waals surface area contributed by atoms with Crippen LogP contribution in [0.15, 0.2) is 33.3 Å². The summed E-state index contributed by atoms with van der Waals surface area (Å²) in [4.78, 5) is 4.53. The predicted molar refractivity (Wildman–Crippen MR) is 81.5 cm³/mol. The number of hydrogen-bond acceptors (Lipinski definition) is 3. The summed E-state index contributed by atoms with van der Waals surface area (Å²) in [5, 5.41) is 4.10. The number of benzene rings is 1. The highest BCUT2D eigenvalue weighted by Crippen LogP contribution is 2.26. The van der Waals surface area contributed by atoms with E-state index in [1.165, 1.54) is 37.7 Å². The second-order valence-corrected chi connectivity index (χ2v) is 6.53. The smallest absolute Gasteiger partial charge is 0.226 e. The molecule has 1 fully saturated rings. The first-order valence-corrected chi connectivity index (χ1v) is 8.15. The molecule has 0 atom stereocenters. The molecule has 0 N–H and O–H groups in total. The molecule has 106 valence electrons. The SMILES string of the molecule is Brc1ccc(Cc2noc(CC3CCCCC3)n2)cc1. The van der Waals surface area contributed by atoms with Crippen molar-refractivity contribution in [1.82, 2.24) is 10.1 Å². The molecule has 1 aromatic carbocycles. The molecule has 0 spiro atoms. The van der Waals surface area contributed by atoms with Crippen LogP contribution in [0, 0.1) is 5.92 Å². The topological polar surface area (TPSA) is 38.9 Å². The summed E-state index contributed by atoms with van der Waals surface area (Å²) in [6.07, 6.45) is 8.40. The van der Waals surface area contributed by atoms with Crippen molar-refractivity contribution in [2.24, 2.45) is 5.92 Å². The fourth-order valence-electron chi connectivity index (χ4n) is 2.87. The third-order valence-corrected chi connectivity index (χ3v) is 4.50. The Morgan fingerprint density at radius 1 is 1.10 bits per heavy atom. The lowest BCUT2D eigenvalue weighted by Gasteiger charge is -2.19. The summed E-state index contributed by atoms with van der Waals surface area (Å²) in [7, 11) is 0. The Hall–Kier alpha value is -1.16. The van der Waals surface area contributed by atoms with E-state index < -0.39 is 0 Å². The van der Waals surface area contributed by atoms with Gasteiger partial charge in [0.25, 0.3) is 0 Å². The van der Waals surface area contributed by atoms with Gasteiger partial charge in [-0.3, -0.25) is 0 Å². The molecule has 0 radical (unpaired) electrons. The van der Waals surface area contributed by atoms with Crippen molar-refractivity contribution in [3.63, 3.8) is 0 Å². The summed E-state index contributed by atoms with van der Waals surface area (Å²) < 4.78 is 6.48. The molecule has 1 aromatic heterocycles. The van der Waals surface area contributed by atoms with Crippen LogP contribution < -0.4 is 0 Å². The molecule has 1 aliphatic carbocycles. The molecular weight excluding hydrogens is 316 g/mol. The molecule has 0 aliphatic heterocycles. The maximum atomic E-state index is 5.39. The van der Waals surface area contributed by atoms with Gasteiger partial charge in [-0.15, -0.1) is 0 Å². The number of hydrogen-bond donors (Lipinski definition) is 0. The monoisotopic (exact) mass is 334 g/mol. The van der Waals surface area contributed by atoms with Crippen LogP contribution in [0.1, 0.15) is 49.4 Å². The quantitative estimate of drug-likeness (QED) is 0.823. The summed E-state index contributed by atoms with van der Waals surface area (Å²) in [6, 6.07) is 8.25. The minimum atomic E-state index is 0.738. The highest BCUT2D eigenvalue weighted by Gasteiger charge is 2.17. The third-order valence-electron chi connectivity index (χ3n) is 3.97. The zero-order valence-corrected chi connectivity index (χ0v) is 13.1. The van der Waals surface area contributed by atoms with Crippen LogP contribution in [0.4, 0.5) is 0 Å². The van der Waals surface area contributed by atoms with Gasteiger partial charge in [0.2, 0.25) is 5.89 Å². The van der Waals surface area contributed by atoms with E-state index in [4.69, 9.17) is 4.52 Å². The second-order valence-electron chi connectivity index (χ2n) is 5.62. The van der Waals surface area contributed by atoms with Crippen molar-refractivity contribution in [2.45, 2.75) is 44.9 Å². The molecule has 20 heavy (non-hydrogen) atoms. The van der Waals surface area contributed by atoms with E-state index in [1.54, 1.807) is 0 Å². The van der Waals surface area contributed by atoms with Crippen molar-refractivity contribution in [3.8, 4) is 0 Å². The van der Waals surface area contributed by atoms with Crippen molar-refractivity contribution >= 4 is 15.9 Å². The molecule has 3 nitrogen and oxygen atoms in total. The van der Waals surface area contributed by atoms with E-state index in [2.05, 4.69) is 38.2 Å². The molecule has 0 unspecified atom stereocenters. The van der Waals surface area contributed by atoms with Crippen LogP contribution in [0.5, 0.6) is 0 Å². The summed E-state index contributed by atoms with van der Waals surface area (Å²) in [5.41, 5.74) is 1.21. The van der Waals surface area contributed by atoms with E-state index in [-0.39, 0.29) is 0 Å². The van der Waals surface area contributed by atoms with Gasteiger partial charge in [-0.05, 0) is 36.5 Å². The number of aromatic nitrogens is 2. The van der Waals surface area contributed by atoms with Crippen molar-refractivity contribution < 1.29 is 4.52 Å². The van der Waals surface area contributed by atoms with Gasteiger partial charge < -0.3 is 4.52 Å². The predicted octanol–water partition coefficient (Wildman–Crippen LogP) is 4.55. The maximum Gasteiger partial charge on any atom is 0.226 e. The van der Waals surface area contributed by atoms with Crippen molar-refractivity contribution in [3.05, 3.63) is 46.0 Å². The fourth-order valence-corrected chi connectivity index (χ4v) is 3.13. The molecular formula is C16H19BrN2O. The Morgan fingerprint density at radius 3 is 2.60 bits per heavy atom. The Labute approximate surface area is 127 Å². The van der Waals surface area contributed by atoms with Crippen LogP contribution in [0.3, 0.4) is 0 Å². The molecule has 4 heteroatoms. The van der Waals surface area contributed by atoms with Gasteiger partial charge in [-0.1, -0.05) is 52.5 Å². The molecule has 1 aliphatic rings. The van der Waals surface area contributed by atoms with E-state index in [1.807, 2.05) is 12.1 Å². The van der Waals surface area contributed by atoms with E-state index in [0.29, 0.717) is 0 Å². The highest BCUT2D eigenvalue weighted by molar-refractivity contribution is 9.10. The van der Waals surface area contributed by atoms with E-state index >= 15 is 0 Å². The number of halogens is 1. The van der Waals surface area contributed by atoms with Crippen LogP contribution in [-0.4, -0.2) is 10.1 Å². The lowest BCUT2D eigenvalue weighted by atomic mass is 9.87. The van der Waals surface area contributed by atoms with Crippen LogP contribution in [0.25, 0.3) is 0 Å². The number of nitrogens with zero attached hydrogens (tertiary/aromatic N) is 2. The molecule has 0 bridgehead atoms. The lowest BCUT2D eigenvalue weighted by Crippen LogP contribution is -2.09. The second kappa shape index (κ2) is 6.53. The zero-order chi connectivity index (χ0) is 13.8. The van der Waals surface area contributed by atoms with Gasteiger partial charge in [-0.2, -0.15) is 4.98 Å². The molecule has 3 rings (SSSR count). The maximum absolute atomic E-state index is 5.39. The molecule has 1 heterocycles. The first kappa shape index (κ1) is 13.8. The van der Waals surface area contributed by atoms with Gasteiger partial charge in [0.05, 0.1) is 0 Å². The van der Waals surface area contributed by atoms with Gasteiger partial charge in [0.1, 0.15) is 0 Å². The minimum Gasteiger partial charge on any atom is -0.339 e. The Bertz CT molecular complexity index is 544. The molecule has 0 amide bonds. The normalized spacial score (nSPS) is 16.4. The van der Waals surface area contributed by atoms with Crippen LogP contribution >= 0.6 is 15.9 Å². The first-order valence-electron chi connectivity index (χ1n) is 7.35. The van der Waals surface area contributed by atoms with Crippen LogP contribution in [-0.2, 0) is 12.8 Å². The Balaban J connectivity index is 1.60. The van der Waals surface area contributed by atoms with Gasteiger partial charge >= 0.3 is 0 Å². The van der Waals surface area contributed by atoms with Crippen molar-refractivity contribution in [2.75, 3.05) is 0 Å². The zero-order valence-electron chi connectivity index (χ0n) is 11.5. The van der Waals surface area contributed by atoms with Crippen molar-refractivity contribution in [1.29, 1.82) is 0 Å².